The second kappa shape index (κ2) is 6.52. The zero-order valence-electron chi connectivity index (χ0n) is 13.6. The van der Waals surface area contributed by atoms with Crippen LogP contribution in [-0.4, -0.2) is 16.9 Å². The van der Waals surface area contributed by atoms with Gasteiger partial charge >= 0.3 is 0 Å². The smallest absolute Gasteiger partial charge is 0.266 e. The molecule has 5 heteroatoms. The lowest BCUT2D eigenvalue weighted by Crippen LogP contribution is -2.30. The van der Waals surface area contributed by atoms with Gasteiger partial charge in [-0.2, -0.15) is 0 Å². The van der Waals surface area contributed by atoms with Gasteiger partial charge in [0.15, 0.2) is 0 Å². The van der Waals surface area contributed by atoms with Crippen molar-refractivity contribution in [3.63, 3.8) is 0 Å². The molecule has 1 atom stereocenters. The Morgan fingerprint density at radius 3 is 2.00 bits per heavy atom. The van der Waals surface area contributed by atoms with Crippen LogP contribution in [0.25, 0.3) is 0 Å². The Labute approximate surface area is 158 Å². The van der Waals surface area contributed by atoms with Crippen LogP contribution in [0.1, 0.15) is 37.9 Å². The maximum absolute atomic E-state index is 12.8. The lowest BCUT2D eigenvalue weighted by atomic mass is 9.99. The van der Waals surface area contributed by atoms with E-state index < -0.39 is 6.10 Å². The van der Waals surface area contributed by atoms with E-state index in [2.05, 4.69) is 15.9 Å². The fourth-order valence-corrected chi connectivity index (χ4v) is 3.55. The summed E-state index contributed by atoms with van der Waals surface area (Å²) in [6.45, 7) is 0. The number of aliphatic hydroxyl groups excluding tert-OH is 1. The second-order valence-corrected chi connectivity index (χ2v) is 6.92. The molecule has 1 N–H and O–H groups in total. The molecule has 3 aromatic rings. The number of rotatable bonds is 3. The predicted octanol–water partition coefficient (Wildman–Crippen LogP) is 4.33. The normalized spacial score (nSPS) is 14.5. The Morgan fingerprint density at radius 2 is 1.38 bits per heavy atom. The first-order valence-electron chi connectivity index (χ1n) is 8.08. The van der Waals surface area contributed by atoms with E-state index in [0.29, 0.717) is 27.9 Å². The number of anilines is 1. The van der Waals surface area contributed by atoms with Crippen LogP contribution in [-0.2, 0) is 0 Å². The minimum Gasteiger partial charge on any atom is -0.384 e. The van der Waals surface area contributed by atoms with Gasteiger partial charge in [0, 0.05) is 10.0 Å². The number of hydrogen-bond donors (Lipinski definition) is 1. The SMILES string of the molecule is O=C1c2ccccc2C(=O)N1c1ccc(Br)cc1C(O)c1ccccc1. The first-order chi connectivity index (χ1) is 12.6. The molecule has 0 bridgehead atoms. The number of nitrogens with zero attached hydrogens (tertiary/aromatic N) is 1. The summed E-state index contributed by atoms with van der Waals surface area (Å²) < 4.78 is 0.753. The third-order valence-corrected chi connectivity index (χ3v) is 4.93. The molecule has 26 heavy (non-hydrogen) atoms. The Morgan fingerprint density at radius 1 is 0.808 bits per heavy atom. The van der Waals surface area contributed by atoms with Crippen LogP contribution < -0.4 is 4.90 Å². The molecule has 0 spiro atoms. The molecule has 0 radical (unpaired) electrons. The summed E-state index contributed by atoms with van der Waals surface area (Å²) in [4.78, 5) is 26.8. The van der Waals surface area contributed by atoms with Gasteiger partial charge in [-0.3, -0.25) is 9.59 Å². The van der Waals surface area contributed by atoms with Crippen LogP contribution in [0.3, 0.4) is 0 Å². The molecule has 0 aromatic heterocycles. The lowest BCUT2D eigenvalue weighted by molar-refractivity contribution is 0.0925. The molecule has 1 aliphatic rings. The fraction of sp³-hybridized carbons (Fsp3) is 0.0476. The van der Waals surface area contributed by atoms with Gasteiger partial charge in [0.1, 0.15) is 6.10 Å². The molecular formula is C21H14BrNO3. The fourth-order valence-electron chi connectivity index (χ4n) is 3.17. The first kappa shape index (κ1) is 16.7. The molecule has 0 fully saturated rings. The van der Waals surface area contributed by atoms with Gasteiger partial charge in [0.2, 0.25) is 0 Å². The van der Waals surface area contributed by atoms with E-state index in [1.54, 1.807) is 54.6 Å². The van der Waals surface area contributed by atoms with Crippen LogP contribution in [0.15, 0.2) is 77.3 Å². The van der Waals surface area contributed by atoms with Gasteiger partial charge in [0.25, 0.3) is 11.8 Å². The van der Waals surface area contributed by atoms with Gasteiger partial charge in [-0.25, -0.2) is 4.90 Å². The Kier molecular flexibility index (Phi) is 4.18. The van der Waals surface area contributed by atoms with Crippen molar-refractivity contribution in [2.45, 2.75) is 6.10 Å². The summed E-state index contributed by atoms with van der Waals surface area (Å²) in [6, 6.07) is 21.0. The molecule has 3 aromatic carbocycles. The van der Waals surface area contributed by atoms with Crippen LogP contribution in [0, 0.1) is 0 Å². The number of halogens is 1. The van der Waals surface area contributed by atoms with E-state index in [9.17, 15) is 14.7 Å². The quantitative estimate of drug-likeness (QED) is 0.657. The van der Waals surface area contributed by atoms with Crippen molar-refractivity contribution in [2.75, 3.05) is 4.90 Å². The van der Waals surface area contributed by atoms with Crippen LogP contribution in [0.2, 0.25) is 0 Å². The highest BCUT2D eigenvalue weighted by atomic mass is 79.9. The number of aliphatic hydroxyl groups is 1. The number of fused-ring (bicyclic) bond motifs is 1. The molecule has 1 unspecified atom stereocenters. The van der Waals surface area contributed by atoms with E-state index in [4.69, 9.17) is 0 Å². The van der Waals surface area contributed by atoms with Gasteiger partial charge < -0.3 is 5.11 Å². The molecule has 2 amide bonds. The molecule has 128 valence electrons. The van der Waals surface area contributed by atoms with Crippen molar-refractivity contribution in [2.24, 2.45) is 0 Å². The molecule has 4 nitrogen and oxygen atoms in total. The van der Waals surface area contributed by atoms with Crippen molar-refractivity contribution < 1.29 is 14.7 Å². The average molecular weight is 408 g/mol. The summed E-state index contributed by atoms with van der Waals surface area (Å²) in [5.74, 6) is -0.760. The van der Waals surface area contributed by atoms with Gasteiger partial charge in [-0.1, -0.05) is 58.4 Å². The van der Waals surface area contributed by atoms with Crippen LogP contribution >= 0.6 is 15.9 Å². The number of carbonyl (C=O) groups is 2. The van der Waals surface area contributed by atoms with E-state index in [1.165, 1.54) is 0 Å². The van der Waals surface area contributed by atoms with E-state index >= 15 is 0 Å². The molecule has 0 saturated heterocycles. The summed E-state index contributed by atoms with van der Waals surface area (Å²) in [5, 5.41) is 10.9. The van der Waals surface area contributed by atoms with Crippen LogP contribution in [0.5, 0.6) is 0 Å². The molecule has 0 saturated carbocycles. The van der Waals surface area contributed by atoms with Crippen molar-refractivity contribution in [1.29, 1.82) is 0 Å². The van der Waals surface area contributed by atoms with Crippen molar-refractivity contribution in [1.82, 2.24) is 0 Å². The monoisotopic (exact) mass is 407 g/mol. The van der Waals surface area contributed by atoms with Crippen molar-refractivity contribution >= 4 is 33.4 Å². The number of imide groups is 1. The van der Waals surface area contributed by atoms with E-state index in [-0.39, 0.29) is 11.8 Å². The maximum Gasteiger partial charge on any atom is 0.266 e. The molecule has 0 aliphatic carbocycles. The van der Waals surface area contributed by atoms with Gasteiger partial charge in [-0.05, 0) is 35.9 Å². The van der Waals surface area contributed by atoms with Gasteiger partial charge in [-0.15, -0.1) is 0 Å². The minimum absolute atomic E-state index is 0.376. The third-order valence-electron chi connectivity index (χ3n) is 4.43. The van der Waals surface area contributed by atoms with Crippen LogP contribution in [0.4, 0.5) is 5.69 Å². The zero-order chi connectivity index (χ0) is 18.3. The Balaban J connectivity index is 1.84. The Hall–Kier alpha value is -2.76. The van der Waals surface area contributed by atoms with E-state index in [1.807, 2.05) is 18.2 Å². The minimum atomic E-state index is -0.965. The highest BCUT2D eigenvalue weighted by Crippen LogP contribution is 2.37. The topological polar surface area (TPSA) is 57.6 Å². The Bertz CT molecular complexity index is 982. The lowest BCUT2D eigenvalue weighted by Gasteiger charge is -2.22. The maximum atomic E-state index is 12.8. The molecule has 1 heterocycles. The summed E-state index contributed by atoms with van der Waals surface area (Å²) in [5.41, 5.74) is 2.31. The first-order valence-corrected chi connectivity index (χ1v) is 8.87. The van der Waals surface area contributed by atoms with Gasteiger partial charge in [0.05, 0.1) is 16.8 Å². The summed E-state index contributed by atoms with van der Waals surface area (Å²) in [7, 11) is 0. The number of hydrogen-bond acceptors (Lipinski definition) is 3. The largest absolute Gasteiger partial charge is 0.384 e. The highest BCUT2D eigenvalue weighted by molar-refractivity contribution is 9.10. The standard InChI is InChI=1S/C21H14BrNO3/c22-14-10-11-18(17(12-14)19(24)13-6-2-1-3-7-13)23-20(25)15-8-4-5-9-16(15)21(23)26/h1-12,19,24H. The number of carbonyl (C=O) groups excluding carboxylic acids is 2. The van der Waals surface area contributed by atoms with E-state index in [0.717, 1.165) is 9.37 Å². The predicted molar refractivity (Wildman–Crippen MR) is 102 cm³/mol. The average Bonchev–Trinajstić information content (AvgIpc) is 2.93. The number of benzene rings is 3. The molecular weight excluding hydrogens is 394 g/mol. The highest BCUT2D eigenvalue weighted by Gasteiger charge is 2.38. The summed E-state index contributed by atoms with van der Waals surface area (Å²) >= 11 is 3.40. The van der Waals surface area contributed by atoms with Crippen molar-refractivity contribution in [3.05, 3.63) is 99.5 Å². The number of amides is 2. The molecule has 1 aliphatic heterocycles. The zero-order valence-corrected chi connectivity index (χ0v) is 15.2. The third kappa shape index (κ3) is 2.66. The molecule has 4 rings (SSSR count). The second-order valence-electron chi connectivity index (χ2n) is 6.01. The van der Waals surface area contributed by atoms with Crippen molar-refractivity contribution in [3.8, 4) is 0 Å². The summed E-state index contributed by atoms with van der Waals surface area (Å²) in [6.07, 6.45) is -0.965.